The summed E-state index contributed by atoms with van der Waals surface area (Å²) >= 11 is 1.41. The van der Waals surface area contributed by atoms with Gasteiger partial charge in [-0.3, -0.25) is 10.6 Å². The molecule has 0 spiro atoms. The van der Waals surface area contributed by atoms with E-state index in [9.17, 15) is 23.4 Å². The standard InChI is InChI=1S/C13H23F3N2O2S/c1-13(15,16)7-2-3-10(9(14)4-7)21-6-8-5-17-11(19)12(20)18-8/h7-12,17-20H,2-6H2,1H3. The summed E-state index contributed by atoms with van der Waals surface area (Å²) < 4.78 is 40.5. The lowest BCUT2D eigenvalue weighted by molar-refractivity contribution is -0.0626. The minimum Gasteiger partial charge on any atom is -0.374 e. The second-order valence-corrected chi connectivity index (χ2v) is 7.29. The molecule has 0 radical (unpaired) electrons. The van der Waals surface area contributed by atoms with Gasteiger partial charge < -0.3 is 10.2 Å². The lowest BCUT2D eigenvalue weighted by Gasteiger charge is -2.36. The SMILES string of the molecule is CC(F)(F)C1CCC(SCC2CNC(O)C(O)N2)C(F)C1. The van der Waals surface area contributed by atoms with E-state index in [1.807, 2.05) is 0 Å². The fourth-order valence-electron chi connectivity index (χ4n) is 2.85. The van der Waals surface area contributed by atoms with Crippen molar-refractivity contribution >= 4 is 11.8 Å². The van der Waals surface area contributed by atoms with E-state index in [0.717, 1.165) is 6.92 Å². The third-order valence-corrected chi connectivity index (χ3v) is 5.77. The summed E-state index contributed by atoms with van der Waals surface area (Å²) in [5.74, 6) is -3.11. The second-order valence-electron chi connectivity index (χ2n) is 6.02. The predicted octanol–water partition coefficient (Wildman–Crippen LogP) is 1.08. The summed E-state index contributed by atoms with van der Waals surface area (Å²) in [5, 5.41) is 24.1. The van der Waals surface area contributed by atoms with Crippen LogP contribution in [0, 0.1) is 5.92 Å². The van der Waals surface area contributed by atoms with E-state index in [4.69, 9.17) is 0 Å². The Morgan fingerprint density at radius 1 is 1.24 bits per heavy atom. The molecule has 4 nitrogen and oxygen atoms in total. The van der Waals surface area contributed by atoms with Crippen molar-refractivity contribution in [2.75, 3.05) is 12.3 Å². The normalized spacial score (nSPS) is 42.0. The van der Waals surface area contributed by atoms with E-state index in [0.29, 0.717) is 25.1 Å². The average Bonchev–Trinajstić information content (AvgIpc) is 2.40. The largest absolute Gasteiger partial charge is 0.374 e. The van der Waals surface area contributed by atoms with Crippen molar-refractivity contribution in [3.63, 3.8) is 0 Å². The maximum Gasteiger partial charge on any atom is 0.248 e. The van der Waals surface area contributed by atoms with Gasteiger partial charge in [0.1, 0.15) is 18.6 Å². The van der Waals surface area contributed by atoms with E-state index in [1.54, 1.807) is 0 Å². The van der Waals surface area contributed by atoms with Gasteiger partial charge in [0, 0.05) is 29.5 Å². The molecular formula is C13H23F3N2O2S. The summed E-state index contributed by atoms with van der Waals surface area (Å²) in [5.41, 5.74) is 0. The highest BCUT2D eigenvalue weighted by Crippen LogP contribution is 2.41. The van der Waals surface area contributed by atoms with Crippen LogP contribution in [0.4, 0.5) is 13.2 Å². The van der Waals surface area contributed by atoms with Crippen LogP contribution in [0.3, 0.4) is 0 Å². The molecule has 1 saturated carbocycles. The van der Waals surface area contributed by atoms with Crippen molar-refractivity contribution in [2.45, 2.75) is 62.0 Å². The summed E-state index contributed by atoms with van der Waals surface area (Å²) in [6.45, 7) is 1.34. The topological polar surface area (TPSA) is 64.5 Å². The van der Waals surface area contributed by atoms with Gasteiger partial charge in [0.25, 0.3) is 0 Å². The number of nitrogens with one attached hydrogen (secondary N) is 2. The number of piperazine rings is 1. The molecule has 0 amide bonds. The summed E-state index contributed by atoms with van der Waals surface area (Å²) in [6, 6.07) is -0.0778. The highest BCUT2D eigenvalue weighted by molar-refractivity contribution is 8.00. The Balaban J connectivity index is 1.75. The number of hydrogen-bond acceptors (Lipinski definition) is 5. The minimum absolute atomic E-state index is 0.0778. The molecule has 124 valence electrons. The van der Waals surface area contributed by atoms with Gasteiger partial charge in [-0.05, 0) is 26.2 Å². The predicted molar refractivity (Wildman–Crippen MR) is 76.0 cm³/mol. The second kappa shape index (κ2) is 7.04. The number of hydrogen-bond donors (Lipinski definition) is 4. The molecule has 1 aliphatic carbocycles. The maximum absolute atomic E-state index is 14.0. The van der Waals surface area contributed by atoms with E-state index in [1.165, 1.54) is 11.8 Å². The summed E-state index contributed by atoms with van der Waals surface area (Å²) in [6.07, 6.45) is -2.54. The minimum atomic E-state index is -2.81. The van der Waals surface area contributed by atoms with Gasteiger partial charge in [0.05, 0.1) is 0 Å². The summed E-state index contributed by atoms with van der Waals surface area (Å²) in [7, 11) is 0. The number of alkyl halides is 3. The molecule has 2 rings (SSSR count). The molecule has 6 unspecified atom stereocenters. The van der Waals surface area contributed by atoms with Crippen molar-refractivity contribution in [2.24, 2.45) is 5.92 Å². The van der Waals surface area contributed by atoms with Crippen molar-refractivity contribution in [3.05, 3.63) is 0 Å². The number of aliphatic hydroxyl groups excluding tert-OH is 2. The van der Waals surface area contributed by atoms with Gasteiger partial charge in [-0.1, -0.05) is 0 Å². The first kappa shape index (κ1) is 17.3. The van der Waals surface area contributed by atoms with Crippen molar-refractivity contribution in [1.29, 1.82) is 0 Å². The van der Waals surface area contributed by atoms with E-state index in [-0.39, 0.29) is 17.7 Å². The van der Waals surface area contributed by atoms with Crippen molar-refractivity contribution in [3.8, 4) is 0 Å². The first-order chi connectivity index (χ1) is 9.77. The van der Waals surface area contributed by atoms with Crippen molar-refractivity contribution < 1.29 is 23.4 Å². The molecule has 4 N–H and O–H groups in total. The lowest BCUT2D eigenvalue weighted by Crippen LogP contribution is -2.61. The highest BCUT2D eigenvalue weighted by Gasteiger charge is 2.41. The van der Waals surface area contributed by atoms with Gasteiger partial charge in [-0.2, -0.15) is 11.8 Å². The van der Waals surface area contributed by atoms with Gasteiger partial charge in [-0.15, -0.1) is 0 Å². The molecule has 2 aliphatic rings. The third-order valence-electron chi connectivity index (χ3n) is 4.22. The van der Waals surface area contributed by atoms with Crippen LogP contribution >= 0.6 is 11.8 Å². The number of halogens is 3. The number of thioether (sulfide) groups is 1. The van der Waals surface area contributed by atoms with Crippen LogP contribution in [0.1, 0.15) is 26.2 Å². The highest BCUT2D eigenvalue weighted by atomic mass is 32.2. The zero-order valence-electron chi connectivity index (χ0n) is 11.9. The summed E-state index contributed by atoms with van der Waals surface area (Å²) in [4.78, 5) is 0. The van der Waals surface area contributed by atoms with Gasteiger partial charge in [0.15, 0.2) is 0 Å². The molecule has 1 saturated heterocycles. The molecule has 2 fully saturated rings. The fourth-order valence-corrected chi connectivity index (χ4v) is 4.17. The quantitative estimate of drug-likeness (QED) is 0.622. The van der Waals surface area contributed by atoms with Crippen LogP contribution in [0.25, 0.3) is 0 Å². The third kappa shape index (κ3) is 4.72. The van der Waals surface area contributed by atoms with Crippen LogP contribution in [0.15, 0.2) is 0 Å². The molecule has 0 aromatic heterocycles. The molecule has 0 bridgehead atoms. The first-order valence-corrected chi connectivity index (χ1v) is 8.31. The van der Waals surface area contributed by atoms with Crippen LogP contribution in [-0.2, 0) is 0 Å². The van der Waals surface area contributed by atoms with Crippen LogP contribution < -0.4 is 10.6 Å². The molecule has 1 heterocycles. The number of aliphatic hydroxyl groups is 2. The molecule has 6 atom stereocenters. The molecule has 0 aromatic rings. The van der Waals surface area contributed by atoms with Gasteiger partial charge >= 0.3 is 0 Å². The fraction of sp³-hybridized carbons (Fsp3) is 1.00. The molecular weight excluding hydrogens is 305 g/mol. The Hall–Kier alpha value is -0.0200. The first-order valence-electron chi connectivity index (χ1n) is 7.26. The smallest absolute Gasteiger partial charge is 0.248 e. The molecule has 21 heavy (non-hydrogen) atoms. The molecule has 8 heteroatoms. The zero-order valence-corrected chi connectivity index (χ0v) is 12.8. The van der Waals surface area contributed by atoms with Crippen molar-refractivity contribution in [1.82, 2.24) is 10.6 Å². The number of rotatable bonds is 4. The van der Waals surface area contributed by atoms with E-state index in [2.05, 4.69) is 10.6 Å². The zero-order chi connectivity index (χ0) is 15.6. The molecule has 0 aromatic carbocycles. The molecule has 1 aliphatic heterocycles. The van der Waals surface area contributed by atoms with Crippen LogP contribution in [0.2, 0.25) is 0 Å². The maximum atomic E-state index is 14.0. The lowest BCUT2D eigenvalue weighted by atomic mass is 9.84. The Kier molecular flexibility index (Phi) is 5.81. The Morgan fingerprint density at radius 3 is 2.52 bits per heavy atom. The Labute approximate surface area is 126 Å². The van der Waals surface area contributed by atoms with Gasteiger partial charge in [0.2, 0.25) is 5.92 Å². The van der Waals surface area contributed by atoms with Crippen LogP contribution in [-0.4, -0.2) is 58.4 Å². The monoisotopic (exact) mass is 328 g/mol. The van der Waals surface area contributed by atoms with Gasteiger partial charge in [-0.25, -0.2) is 13.2 Å². The van der Waals surface area contributed by atoms with E-state index < -0.39 is 30.5 Å². The van der Waals surface area contributed by atoms with Crippen LogP contribution in [0.5, 0.6) is 0 Å². The average molecular weight is 328 g/mol. The Morgan fingerprint density at radius 2 is 1.95 bits per heavy atom. The van der Waals surface area contributed by atoms with E-state index >= 15 is 0 Å². The Bertz CT molecular complexity index is 346.